The number of hydrogen-bond acceptors (Lipinski definition) is 5. The van der Waals surface area contributed by atoms with Gasteiger partial charge in [0.2, 0.25) is 5.78 Å². The molecule has 3 heterocycles. The minimum atomic E-state index is -0.496. The molecule has 0 saturated carbocycles. The molecule has 0 bridgehead atoms. The van der Waals surface area contributed by atoms with Crippen LogP contribution in [0.15, 0.2) is 64.2 Å². The Bertz CT molecular complexity index is 1490. The van der Waals surface area contributed by atoms with E-state index in [-0.39, 0.29) is 0 Å². The summed E-state index contributed by atoms with van der Waals surface area (Å²) in [6.45, 7) is 0.476. The van der Waals surface area contributed by atoms with Gasteiger partial charge in [0.25, 0.3) is 5.56 Å². The van der Waals surface area contributed by atoms with Crippen molar-refractivity contribution in [3.8, 4) is 17.1 Å². The Morgan fingerprint density at radius 3 is 2.40 bits per heavy atom. The van der Waals surface area contributed by atoms with E-state index in [1.54, 1.807) is 23.1 Å². The van der Waals surface area contributed by atoms with Gasteiger partial charge in [0, 0.05) is 19.7 Å². The van der Waals surface area contributed by atoms with E-state index in [1.165, 1.54) is 4.57 Å². The van der Waals surface area contributed by atoms with E-state index in [4.69, 9.17) is 4.74 Å². The van der Waals surface area contributed by atoms with Crippen molar-refractivity contribution in [1.29, 1.82) is 0 Å². The molecule has 0 spiro atoms. The molecule has 0 atom stereocenters. The Morgan fingerprint density at radius 1 is 0.933 bits per heavy atom. The fraction of sp³-hybridized carbons (Fsp3) is 0.143. The molecule has 1 N–H and O–H groups in total. The molecular formula is C21H18N6O3. The van der Waals surface area contributed by atoms with E-state index in [2.05, 4.69) is 15.2 Å². The lowest BCUT2D eigenvalue weighted by Crippen LogP contribution is -2.29. The first kappa shape index (κ1) is 17.9. The van der Waals surface area contributed by atoms with Crippen molar-refractivity contribution in [3.63, 3.8) is 0 Å². The molecule has 0 aliphatic carbocycles. The van der Waals surface area contributed by atoms with Crippen LogP contribution in [0.3, 0.4) is 0 Å². The Balaban J connectivity index is 1.57. The van der Waals surface area contributed by atoms with Gasteiger partial charge in [-0.2, -0.15) is 0 Å². The molecule has 0 radical (unpaired) electrons. The Morgan fingerprint density at radius 2 is 1.67 bits per heavy atom. The highest BCUT2D eigenvalue weighted by molar-refractivity contribution is 5.79. The second-order valence-electron chi connectivity index (χ2n) is 7.01. The number of aromatic amines is 1. The van der Waals surface area contributed by atoms with Gasteiger partial charge in [-0.05, 0) is 29.8 Å². The minimum absolute atomic E-state index is 0.353. The van der Waals surface area contributed by atoms with E-state index in [0.717, 1.165) is 16.9 Å². The van der Waals surface area contributed by atoms with E-state index in [0.29, 0.717) is 29.4 Å². The molecular weight excluding hydrogens is 384 g/mol. The van der Waals surface area contributed by atoms with Crippen molar-refractivity contribution in [2.24, 2.45) is 14.1 Å². The van der Waals surface area contributed by atoms with Crippen LogP contribution in [0.2, 0.25) is 0 Å². The third kappa shape index (κ3) is 2.71. The van der Waals surface area contributed by atoms with Gasteiger partial charge < -0.3 is 9.30 Å². The minimum Gasteiger partial charge on any atom is -0.489 e. The number of hydrogen-bond donors (Lipinski definition) is 1. The maximum absolute atomic E-state index is 12.4. The molecule has 0 fully saturated rings. The Hall–Kier alpha value is -4.14. The number of H-pyrrole nitrogens is 1. The summed E-state index contributed by atoms with van der Waals surface area (Å²) in [5.41, 5.74) is 1.70. The Labute approximate surface area is 169 Å². The van der Waals surface area contributed by atoms with Crippen LogP contribution in [0.4, 0.5) is 0 Å². The van der Waals surface area contributed by atoms with Crippen LogP contribution in [-0.4, -0.2) is 28.7 Å². The number of imidazole rings is 1. The summed E-state index contributed by atoms with van der Waals surface area (Å²) < 4.78 is 10.6. The Kier molecular flexibility index (Phi) is 4.02. The molecule has 5 aromatic rings. The van der Waals surface area contributed by atoms with Gasteiger partial charge in [0.15, 0.2) is 17.0 Å². The molecule has 5 rings (SSSR count). The summed E-state index contributed by atoms with van der Waals surface area (Å²) in [7, 11) is 3.32. The lowest BCUT2D eigenvalue weighted by atomic mass is 10.2. The molecule has 0 aliphatic heterocycles. The second-order valence-corrected chi connectivity index (χ2v) is 7.01. The zero-order valence-corrected chi connectivity index (χ0v) is 16.4. The lowest BCUT2D eigenvalue weighted by molar-refractivity contribution is 0.306. The zero-order chi connectivity index (χ0) is 20.8. The average Bonchev–Trinajstić information content (AvgIpc) is 3.31. The predicted octanol–water partition coefficient (Wildman–Crippen LogP) is 1.85. The maximum Gasteiger partial charge on any atom is 0.329 e. The highest BCUT2D eigenvalue weighted by Gasteiger charge is 2.21. The second kappa shape index (κ2) is 6.73. The van der Waals surface area contributed by atoms with Crippen LogP contribution in [0.25, 0.3) is 28.3 Å². The van der Waals surface area contributed by atoms with Gasteiger partial charge in [-0.3, -0.25) is 14.3 Å². The highest BCUT2D eigenvalue weighted by atomic mass is 16.5. The van der Waals surface area contributed by atoms with E-state index in [9.17, 15) is 9.59 Å². The molecule has 0 aliphatic rings. The van der Waals surface area contributed by atoms with Crippen LogP contribution in [0.1, 0.15) is 5.56 Å². The summed E-state index contributed by atoms with van der Waals surface area (Å²) in [5.74, 6) is 1.73. The molecule has 30 heavy (non-hydrogen) atoms. The SMILES string of the molecule is Cn1c(=O)[nH]c(=O)c2c1n1c(-c3ccc(OCc4ccccc4)cc3)nnc1n2C. The molecule has 0 unspecified atom stereocenters. The van der Waals surface area contributed by atoms with Crippen LogP contribution in [0.5, 0.6) is 5.75 Å². The number of aromatic nitrogens is 6. The van der Waals surface area contributed by atoms with Gasteiger partial charge in [-0.15, -0.1) is 10.2 Å². The van der Waals surface area contributed by atoms with E-state index in [1.807, 2.05) is 54.6 Å². The summed E-state index contributed by atoms with van der Waals surface area (Å²) in [6, 6.07) is 17.4. The molecule has 0 saturated heterocycles. The third-order valence-corrected chi connectivity index (χ3v) is 5.12. The third-order valence-electron chi connectivity index (χ3n) is 5.12. The fourth-order valence-electron chi connectivity index (χ4n) is 3.57. The van der Waals surface area contributed by atoms with Crippen molar-refractivity contribution in [1.82, 2.24) is 28.7 Å². The fourth-order valence-corrected chi connectivity index (χ4v) is 3.57. The van der Waals surface area contributed by atoms with Gasteiger partial charge in [-0.1, -0.05) is 30.3 Å². The molecule has 0 amide bonds. The zero-order valence-electron chi connectivity index (χ0n) is 16.4. The van der Waals surface area contributed by atoms with Crippen molar-refractivity contribution in [3.05, 3.63) is 81.0 Å². The normalized spacial score (nSPS) is 11.4. The summed E-state index contributed by atoms with van der Waals surface area (Å²) in [4.78, 5) is 26.8. The average molecular weight is 402 g/mol. The molecule has 9 nitrogen and oxygen atoms in total. The van der Waals surface area contributed by atoms with Crippen molar-refractivity contribution in [2.45, 2.75) is 6.61 Å². The van der Waals surface area contributed by atoms with E-state index < -0.39 is 11.2 Å². The maximum atomic E-state index is 12.4. The highest BCUT2D eigenvalue weighted by Crippen LogP contribution is 2.25. The van der Waals surface area contributed by atoms with Crippen molar-refractivity contribution >= 4 is 16.9 Å². The van der Waals surface area contributed by atoms with E-state index >= 15 is 0 Å². The van der Waals surface area contributed by atoms with Crippen LogP contribution in [-0.2, 0) is 20.7 Å². The largest absolute Gasteiger partial charge is 0.489 e. The number of rotatable bonds is 4. The predicted molar refractivity (Wildman–Crippen MR) is 112 cm³/mol. The van der Waals surface area contributed by atoms with Crippen LogP contribution < -0.4 is 16.0 Å². The van der Waals surface area contributed by atoms with Crippen molar-refractivity contribution < 1.29 is 4.74 Å². The van der Waals surface area contributed by atoms with Gasteiger partial charge in [0.05, 0.1) is 0 Å². The van der Waals surface area contributed by atoms with Gasteiger partial charge in [0.1, 0.15) is 12.4 Å². The first-order valence-corrected chi connectivity index (χ1v) is 9.34. The van der Waals surface area contributed by atoms with Gasteiger partial charge in [-0.25, -0.2) is 9.20 Å². The van der Waals surface area contributed by atoms with Crippen LogP contribution >= 0.6 is 0 Å². The molecule has 150 valence electrons. The summed E-state index contributed by atoms with van der Waals surface area (Å²) >= 11 is 0. The first-order valence-electron chi connectivity index (χ1n) is 9.34. The van der Waals surface area contributed by atoms with Gasteiger partial charge >= 0.3 is 5.69 Å². The monoisotopic (exact) mass is 402 g/mol. The van der Waals surface area contributed by atoms with Crippen molar-refractivity contribution in [2.75, 3.05) is 0 Å². The number of aryl methyl sites for hydroxylation is 2. The number of ether oxygens (including phenoxy) is 1. The number of fused-ring (bicyclic) bond motifs is 3. The van der Waals surface area contributed by atoms with Crippen LogP contribution in [0, 0.1) is 0 Å². The quantitative estimate of drug-likeness (QED) is 0.495. The standard InChI is InChI=1S/C21H18N6O3/c1-25-16-18(28)22-21(29)26(2)19(16)27-17(23-24-20(25)27)14-8-10-15(11-9-14)30-12-13-6-4-3-5-7-13/h3-11H,12H2,1-2H3,(H,22,28,29). The number of benzene rings is 2. The number of nitrogens with zero attached hydrogens (tertiary/aromatic N) is 5. The number of nitrogens with one attached hydrogen (secondary N) is 1. The smallest absolute Gasteiger partial charge is 0.329 e. The summed E-state index contributed by atoms with van der Waals surface area (Å²) in [5, 5.41) is 8.50. The lowest BCUT2D eigenvalue weighted by Gasteiger charge is -2.07. The summed E-state index contributed by atoms with van der Waals surface area (Å²) in [6.07, 6.45) is 0. The topological polar surface area (TPSA) is 99.2 Å². The molecule has 3 aromatic heterocycles. The molecule has 2 aromatic carbocycles. The first-order chi connectivity index (χ1) is 14.5. The molecule has 9 heteroatoms.